The Hall–Kier alpha value is -4.84. The molecule has 2 saturated heterocycles. The maximum absolute atomic E-state index is 13.9. The summed E-state index contributed by atoms with van der Waals surface area (Å²) in [5.41, 5.74) is 3.55. The molecular formula is C33H28N2O4. The Morgan fingerprint density at radius 3 is 1.92 bits per heavy atom. The van der Waals surface area contributed by atoms with Gasteiger partial charge >= 0.3 is 6.09 Å². The van der Waals surface area contributed by atoms with Crippen molar-refractivity contribution in [3.63, 3.8) is 0 Å². The van der Waals surface area contributed by atoms with Crippen LogP contribution in [0.3, 0.4) is 0 Å². The van der Waals surface area contributed by atoms with Crippen molar-refractivity contribution in [2.45, 2.75) is 24.2 Å². The van der Waals surface area contributed by atoms with Gasteiger partial charge in [-0.05, 0) is 41.0 Å². The summed E-state index contributed by atoms with van der Waals surface area (Å²) in [7, 11) is 1.61. The lowest BCUT2D eigenvalue weighted by Crippen LogP contribution is -2.70. The third-order valence-electron chi connectivity index (χ3n) is 7.34. The number of nitrogens with zero attached hydrogens (tertiary/aromatic N) is 2. The van der Waals surface area contributed by atoms with Gasteiger partial charge in [0.1, 0.15) is 17.8 Å². The van der Waals surface area contributed by atoms with Gasteiger partial charge < -0.3 is 14.4 Å². The van der Waals surface area contributed by atoms with E-state index in [9.17, 15) is 9.59 Å². The van der Waals surface area contributed by atoms with Gasteiger partial charge in [-0.2, -0.15) is 0 Å². The number of methoxy groups -OCH3 is 1. The largest absolute Gasteiger partial charge is 0.497 e. The third-order valence-corrected chi connectivity index (χ3v) is 7.34. The fraction of sp³-hybridized carbons (Fsp3) is 0.152. The molecule has 0 radical (unpaired) electrons. The van der Waals surface area contributed by atoms with Crippen LogP contribution in [0.5, 0.6) is 5.75 Å². The molecular weight excluding hydrogens is 488 g/mol. The topological polar surface area (TPSA) is 59.1 Å². The molecule has 0 unspecified atom stereocenters. The zero-order valence-electron chi connectivity index (χ0n) is 21.5. The Kier molecular flexibility index (Phi) is 6.59. The maximum Gasteiger partial charge on any atom is 0.411 e. The molecule has 0 N–H and O–H groups in total. The van der Waals surface area contributed by atoms with Crippen molar-refractivity contribution in [2.75, 3.05) is 12.0 Å². The number of hydrogen-bond donors (Lipinski definition) is 0. The molecule has 2 fully saturated rings. The molecule has 6 heteroatoms. The van der Waals surface area contributed by atoms with E-state index in [4.69, 9.17) is 9.47 Å². The van der Waals surface area contributed by atoms with Crippen LogP contribution in [0, 0.1) is 0 Å². The molecule has 0 bridgehead atoms. The van der Waals surface area contributed by atoms with E-state index in [-0.39, 0.29) is 11.9 Å². The number of ether oxygens (including phenoxy) is 2. The standard InChI is InChI=1S/C33H28N2O4/c1-38-27-20-18-26(19-21-27)34-28(22-17-23-11-5-2-6-12-23)30(32(34)36)35-29(24-13-7-3-8-14-24)31(39-33(35)37)25-15-9-4-10-16-25/h2-22,28-31H,1H3/b22-17+/t28-,29+,30+,31-/m1/s1. The monoisotopic (exact) mass is 516 g/mol. The van der Waals surface area contributed by atoms with Crippen molar-refractivity contribution >= 4 is 23.8 Å². The zero-order valence-corrected chi connectivity index (χ0v) is 21.5. The van der Waals surface area contributed by atoms with Gasteiger partial charge in [0.05, 0.1) is 13.2 Å². The highest BCUT2D eigenvalue weighted by Gasteiger charge is 2.58. The van der Waals surface area contributed by atoms with Gasteiger partial charge in [0.15, 0.2) is 6.10 Å². The number of benzene rings is 4. The molecule has 4 aromatic carbocycles. The Labute approximate surface area is 227 Å². The molecule has 6 nitrogen and oxygen atoms in total. The smallest absolute Gasteiger partial charge is 0.411 e. The molecule has 0 aromatic heterocycles. The van der Waals surface area contributed by atoms with Crippen molar-refractivity contribution in [3.8, 4) is 5.75 Å². The lowest BCUT2D eigenvalue weighted by atomic mass is 9.87. The Balaban J connectivity index is 1.41. The summed E-state index contributed by atoms with van der Waals surface area (Å²) >= 11 is 0. The Morgan fingerprint density at radius 1 is 0.718 bits per heavy atom. The van der Waals surface area contributed by atoms with Crippen LogP contribution in [-0.2, 0) is 9.53 Å². The SMILES string of the molecule is COc1ccc(N2C(=O)[C@@H](N3C(=O)O[C@H](c4ccccc4)[C@@H]3c3ccccc3)[C@H]2/C=C/c2ccccc2)cc1. The summed E-state index contributed by atoms with van der Waals surface area (Å²) in [4.78, 5) is 30.8. The molecule has 2 aliphatic rings. The number of hydrogen-bond acceptors (Lipinski definition) is 4. The van der Waals surface area contributed by atoms with Crippen molar-refractivity contribution in [1.29, 1.82) is 0 Å². The first-order chi connectivity index (χ1) is 19.2. The van der Waals surface area contributed by atoms with Gasteiger partial charge in [-0.25, -0.2) is 4.79 Å². The number of carbonyl (C=O) groups is 2. The second-order valence-corrected chi connectivity index (χ2v) is 9.59. The fourth-order valence-electron chi connectivity index (χ4n) is 5.44. The van der Waals surface area contributed by atoms with Crippen LogP contribution in [0.25, 0.3) is 6.08 Å². The fourth-order valence-corrected chi connectivity index (χ4v) is 5.44. The molecule has 0 aliphatic carbocycles. The number of cyclic esters (lactones) is 1. The normalized spacial score (nSPS) is 22.6. The minimum atomic E-state index is -0.724. The average molecular weight is 517 g/mol. The van der Waals surface area contributed by atoms with Crippen LogP contribution >= 0.6 is 0 Å². The number of anilines is 1. The quantitative estimate of drug-likeness (QED) is 0.266. The first kappa shape index (κ1) is 24.5. The lowest BCUT2D eigenvalue weighted by molar-refractivity contribution is -0.130. The molecule has 0 saturated carbocycles. The lowest BCUT2D eigenvalue weighted by Gasteiger charge is -2.49. The van der Waals surface area contributed by atoms with Gasteiger partial charge in [0.2, 0.25) is 0 Å². The minimum absolute atomic E-state index is 0.158. The van der Waals surface area contributed by atoms with Crippen molar-refractivity contribution in [2.24, 2.45) is 0 Å². The second kappa shape index (κ2) is 10.5. The first-order valence-corrected chi connectivity index (χ1v) is 12.9. The minimum Gasteiger partial charge on any atom is -0.497 e. The van der Waals surface area contributed by atoms with E-state index >= 15 is 0 Å². The summed E-state index contributed by atoms with van der Waals surface area (Å²) in [6.07, 6.45) is 2.96. The highest BCUT2D eigenvalue weighted by Crippen LogP contribution is 2.47. The Morgan fingerprint density at radius 2 is 1.31 bits per heavy atom. The summed E-state index contributed by atoms with van der Waals surface area (Å²) in [5.74, 6) is 0.548. The molecule has 4 aromatic rings. The predicted octanol–water partition coefficient (Wildman–Crippen LogP) is 6.43. The van der Waals surface area contributed by atoms with E-state index in [0.717, 1.165) is 22.4 Å². The molecule has 2 heterocycles. The molecule has 2 aliphatic heterocycles. The van der Waals surface area contributed by atoms with Gasteiger partial charge in [0, 0.05) is 5.69 Å². The highest BCUT2D eigenvalue weighted by molar-refractivity contribution is 6.08. The van der Waals surface area contributed by atoms with Crippen molar-refractivity contribution < 1.29 is 19.1 Å². The summed E-state index contributed by atoms with van der Waals surface area (Å²) in [6, 6.07) is 35.2. The van der Waals surface area contributed by atoms with Gasteiger partial charge in [-0.15, -0.1) is 0 Å². The molecule has 6 rings (SSSR count). The summed E-state index contributed by atoms with van der Waals surface area (Å²) in [5, 5.41) is 0. The van der Waals surface area contributed by atoms with Crippen molar-refractivity contribution in [1.82, 2.24) is 4.90 Å². The molecule has 2 amide bonds. The van der Waals surface area contributed by atoms with E-state index in [2.05, 4.69) is 0 Å². The zero-order chi connectivity index (χ0) is 26.8. The van der Waals surface area contributed by atoms with E-state index in [0.29, 0.717) is 5.75 Å². The summed E-state index contributed by atoms with van der Waals surface area (Å²) < 4.78 is 11.3. The molecule has 4 atom stereocenters. The van der Waals surface area contributed by atoms with E-state index in [1.807, 2.05) is 127 Å². The Bertz CT molecular complexity index is 1470. The van der Waals surface area contributed by atoms with Crippen LogP contribution in [0.15, 0.2) is 121 Å². The molecule has 39 heavy (non-hydrogen) atoms. The third kappa shape index (κ3) is 4.55. The van der Waals surface area contributed by atoms with Crippen molar-refractivity contribution in [3.05, 3.63) is 138 Å². The number of carbonyl (C=O) groups excluding carboxylic acids is 2. The van der Waals surface area contributed by atoms with Gasteiger partial charge in [-0.3, -0.25) is 9.69 Å². The summed E-state index contributed by atoms with van der Waals surface area (Å²) in [6.45, 7) is 0. The maximum atomic E-state index is 13.9. The average Bonchev–Trinajstić information content (AvgIpc) is 3.33. The second-order valence-electron chi connectivity index (χ2n) is 9.59. The van der Waals surface area contributed by atoms with Gasteiger partial charge in [-0.1, -0.05) is 103 Å². The number of rotatable bonds is 7. The van der Waals surface area contributed by atoms with E-state index in [1.54, 1.807) is 16.9 Å². The number of β-lactam (4-membered cyclic amide) rings is 1. The van der Waals surface area contributed by atoms with Crippen LogP contribution in [-0.4, -0.2) is 36.1 Å². The molecule has 0 spiro atoms. The van der Waals surface area contributed by atoms with Crippen LogP contribution < -0.4 is 9.64 Å². The van der Waals surface area contributed by atoms with Gasteiger partial charge in [0.25, 0.3) is 5.91 Å². The highest BCUT2D eigenvalue weighted by atomic mass is 16.6. The first-order valence-electron chi connectivity index (χ1n) is 12.9. The van der Waals surface area contributed by atoms with Crippen LogP contribution in [0.2, 0.25) is 0 Å². The molecule has 194 valence electrons. The van der Waals surface area contributed by atoms with E-state index < -0.39 is 24.3 Å². The van der Waals surface area contributed by atoms with Crippen LogP contribution in [0.1, 0.15) is 28.8 Å². The predicted molar refractivity (Wildman–Crippen MR) is 150 cm³/mol. The number of amides is 2. The van der Waals surface area contributed by atoms with E-state index in [1.165, 1.54) is 0 Å². The van der Waals surface area contributed by atoms with Crippen LogP contribution in [0.4, 0.5) is 10.5 Å².